The van der Waals surface area contributed by atoms with Gasteiger partial charge in [0.05, 0.1) is 12.2 Å². The average molecular weight is 251 g/mol. The molecule has 0 aromatic carbocycles. The predicted molar refractivity (Wildman–Crippen MR) is 64.3 cm³/mol. The van der Waals surface area contributed by atoms with E-state index in [1.54, 1.807) is 17.9 Å². The van der Waals surface area contributed by atoms with Gasteiger partial charge < -0.3 is 14.4 Å². The Bertz CT molecular complexity index is 461. The van der Waals surface area contributed by atoms with Gasteiger partial charge in [-0.15, -0.1) is 0 Å². The Morgan fingerprint density at radius 2 is 2.22 bits per heavy atom. The van der Waals surface area contributed by atoms with E-state index < -0.39 is 11.9 Å². The Balaban J connectivity index is 2.13. The summed E-state index contributed by atoms with van der Waals surface area (Å²) < 4.78 is 5.19. The Labute approximate surface area is 105 Å². The van der Waals surface area contributed by atoms with Gasteiger partial charge in [-0.1, -0.05) is 6.92 Å². The number of nitrogens with zero attached hydrogens (tertiary/aromatic N) is 1. The van der Waals surface area contributed by atoms with Crippen LogP contribution in [-0.2, 0) is 4.79 Å². The summed E-state index contributed by atoms with van der Waals surface area (Å²) in [6.07, 6.45) is 3.37. The first-order chi connectivity index (χ1) is 8.50. The van der Waals surface area contributed by atoms with Gasteiger partial charge in [0.15, 0.2) is 5.76 Å². The Morgan fingerprint density at radius 3 is 2.67 bits per heavy atom. The molecule has 0 unspecified atom stereocenters. The number of rotatable bonds is 5. The second-order valence-electron chi connectivity index (χ2n) is 4.86. The Morgan fingerprint density at radius 1 is 1.56 bits per heavy atom. The lowest BCUT2D eigenvalue weighted by molar-refractivity contribution is -0.141. The van der Waals surface area contributed by atoms with Crippen LogP contribution in [0.15, 0.2) is 16.7 Å². The fourth-order valence-corrected chi connectivity index (χ4v) is 1.88. The third kappa shape index (κ3) is 2.55. The maximum atomic E-state index is 12.3. The zero-order valence-electron chi connectivity index (χ0n) is 10.5. The van der Waals surface area contributed by atoms with Crippen molar-refractivity contribution in [2.45, 2.75) is 32.7 Å². The fraction of sp³-hybridized carbons (Fsp3) is 0.538. The molecule has 0 radical (unpaired) electrons. The van der Waals surface area contributed by atoms with E-state index in [2.05, 4.69) is 0 Å². The van der Waals surface area contributed by atoms with Gasteiger partial charge in [0.1, 0.15) is 0 Å². The minimum Gasteiger partial charge on any atom is -0.481 e. The van der Waals surface area contributed by atoms with E-state index in [9.17, 15) is 9.59 Å². The first-order valence-electron chi connectivity index (χ1n) is 6.08. The lowest BCUT2D eigenvalue weighted by Crippen LogP contribution is -2.38. The van der Waals surface area contributed by atoms with Crippen molar-refractivity contribution in [1.29, 1.82) is 0 Å². The van der Waals surface area contributed by atoms with Gasteiger partial charge in [-0.2, -0.15) is 0 Å². The molecule has 98 valence electrons. The van der Waals surface area contributed by atoms with E-state index in [0.717, 1.165) is 18.4 Å². The molecule has 5 heteroatoms. The van der Waals surface area contributed by atoms with Crippen LogP contribution in [0.25, 0.3) is 0 Å². The first kappa shape index (κ1) is 12.7. The van der Waals surface area contributed by atoms with Gasteiger partial charge in [-0.3, -0.25) is 9.59 Å². The van der Waals surface area contributed by atoms with Gasteiger partial charge in [0, 0.05) is 18.2 Å². The van der Waals surface area contributed by atoms with Crippen molar-refractivity contribution in [2.75, 3.05) is 6.54 Å². The van der Waals surface area contributed by atoms with Crippen LogP contribution in [-0.4, -0.2) is 34.5 Å². The van der Waals surface area contributed by atoms with Crippen molar-refractivity contribution < 1.29 is 19.1 Å². The monoisotopic (exact) mass is 251 g/mol. The average Bonchev–Trinajstić information content (AvgIpc) is 3.07. The van der Waals surface area contributed by atoms with Crippen molar-refractivity contribution >= 4 is 11.9 Å². The largest absolute Gasteiger partial charge is 0.481 e. The Kier molecular flexibility index (Phi) is 3.41. The normalized spacial score (nSPS) is 16.3. The van der Waals surface area contributed by atoms with Crippen LogP contribution in [0.3, 0.4) is 0 Å². The number of carbonyl (C=O) groups excluding carboxylic acids is 1. The molecule has 1 atom stereocenters. The zero-order valence-corrected chi connectivity index (χ0v) is 10.5. The summed E-state index contributed by atoms with van der Waals surface area (Å²) in [6, 6.07) is 1.91. The molecule has 5 nitrogen and oxygen atoms in total. The van der Waals surface area contributed by atoms with E-state index >= 15 is 0 Å². The van der Waals surface area contributed by atoms with Crippen molar-refractivity contribution in [2.24, 2.45) is 5.92 Å². The van der Waals surface area contributed by atoms with Crippen molar-refractivity contribution in [3.8, 4) is 0 Å². The van der Waals surface area contributed by atoms with Crippen molar-refractivity contribution in [1.82, 2.24) is 4.90 Å². The smallest absolute Gasteiger partial charge is 0.308 e. The number of aliphatic carboxylic acids is 1. The summed E-state index contributed by atoms with van der Waals surface area (Å²) in [5.41, 5.74) is 0.786. The van der Waals surface area contributed by atoms with Crippen LogP contribution in [0.5, 0.6) is 0 Å². The molecule has 1 amide bonds. The molecule has 1 aromatic rings. The molecule has 0 saturated heterocycles. The van der Waals surface area contributed by atoms with E-state index in [1.165, 1.54) is 6.26 Å². The summed E-state index contributed by atoms with van der Waals surface area (Å²) in [5.74, 6) is -1.33. The number of hydrogen-bond acceptors (Lipinski definition) is 3. The van der Waals surface area contributed by atoms with Gasteiger partial charge in [-0.25, -0.2) is 0 Å². The molecule has 1 aromatic heterocycles. The topological polar surface area (TPSA) is 70.8 Å². The van der Waals surface area contributed by atoms with E-state index in [1.807, 2.05) is 6.92 Å². The molecule has 18 heavy (non-hydrogen) atoms. The highest BCUT2D eigenvalue weighted by molar-refractivity contribution is 5.93. The summed E-state index contributed by atoms with van der Waals surface area (Å²) in [5, 5.41) is 8.94. The van der Waals surface area contributed by atoms with Crippen LogP contribution >= 0.6 is 0 Å². The predicted octanol–water partition coefficient (Wildman–Crippen LogP) is 1.91. The molecular weight excluding hydrogens is 234 g/mol. The molecule has 1 N–H and O–H groups in total. The van der Waals surface area contributed by atoms with Gasteiger partial charge in [-0.05, 0) is 25.8 Å². The standard InChI is InChI=1S/C13H17NO4/c1-8-5-6-18-11(8)12(15)14(10-3-4-10)7-9(2)13(16)17/h5-6,9-10H,3-4,7H2,1-2H3,(H,16,17)/t9-/m1/s1. The molecule has 0 aliphatic heterocycles. The molecule has 0 spiro atoms. The lowest BCUT2D eigenvalue weighted by atomic mass is 10.1. The summed E-state index contributed by atoms with van der Waals surface area (Å²) in [6.45, 7) is 3.65. The SMILES string of the molecule is Cc1ccoc1C(=O)N(C[C@@H](C)C(=O)O)C1CC1. The summed E-state index contributed by atoms with van der Waals surface area (Å²) in [4.78, 5) is 24.8. The number of carboxylic acid groups (broad SMARTS) is 1. The third-order valence-electron chi connectivity index (χ3n) is 3.20. The van der Waals surface area contributed by atoms with Gasteiger partial charge in [0.25, 0.3) is 5.91 Å². The molecule has 0 bridgehead atoms. The quantitative estimate of drug-likeness (QED) is 0.867. The Hall–Kier alpha value is -1.78. The number of hydrogen-bond donors (Lipinski definition) is 1. The van der Waals surface area contributed by atoms with Crippen LogP contribution in [0, 0.1) is 12.8 Å². The van der Waals surface area contributed by atoms with Crippen LogP contribution in [0.2, 0.25) is 0 Å². The minimum atomic E-state index is -0.885. The number of carbonyl (C=O) groups is 2. The van der Waals surface area contributed by atoms with Gasteiger partial charge in [0.2, 0.25) is 0 Å². The number of carboxylic acids is 1. The maximum absolute atomic E-state index is 12.3. The second kappa shape index (κ2) is 4.84. The van der Waals surface area contributed by atoms with Crippen molar-refractivity contribution in [3.63, 3.8) is 0 Å². The first-order valence-corrected chi connectivity index (χ1v) is 6.08. The number of amides is 1. The lowest BCUT2D eigenvalue weighted by Gasteiger charge is -2.23. The summed E-state index contributed by atoms with van der Waals surface area (Å²) in [7, 11) is 0. The summed E-state index contributed by atoms with van der Waals surface area (Å²) >= 11 is 0. The molecular formula is C13H17NO4. The highest BCUT2D eigenvalue weighted by atomic mass is 16.4. The molecule has 1 heterocycles. The van der Waals surface area contributed by atoms with Crippen LogP contribution in [0.4, 0.5) is 0 Å². The van der Waals surface area contributed by atoms with Crippen LogP contribution < -0.4 is 0 Å². The number of furan rings is 1. The minimum absolute atomic E-state index is 0.170. The third-order valence-corrected chi connectivity index (χ3v) is 3.20. The molecule has 1 aliphatic rings. The van der Waals surface area contributed by atoms with Crippen LogP contribution in [0.1, 0.15) is 35.9 Å². The van der Waals surface area contributed by atoms with E-state index in [4.69, 9.17) is 9.52 Å². The molecule has 1 fully saturated rings. The highest BCUT2D eigenvalue weighted by Crippen LogP contribution is 2.29. The van der Waals surface area contributed by atoms with Crippen molar-refractivity contribution in [3.05, 3.63) is 23.7 Å². The van der Waals surface area contributed by atoms with E-state index in [0.29, 0.717) is 5.76 Å². The zero-order chi connectivity index (χ0) is 13.3. The second-order valence-corrected chi connectivity index (χ2v) is 4.86. The molecule has 1 saturated carbocycles. The highest BCUT2D eigenvalue weighted by Gasteiger charge is 2.36. The van der Waals surface area contributed by atoms with E-state index in [-0.39, 0.29) is 18.5 Å². The molecule has 1 aliphatic carbocycles. The molecule has 2 rings (SSSR count). The van der Waals surface area contributed by atoms with Gasteiger partial charge >= 0.3 is 5.97 Å². The maximum Gasteiger partial charge on any atom is 0.308 e. The number of aryl methyl sites for hydroxylation is 1. The fourth-order valence-electron chi connectivity index (χ4n) is 1.88.